The van der Waals surface area contributed by atoms with Gasteiger partial charge in [0.15, 0.2) is 29.9 Å². The first kappa shape index (κ1) is 19.5. The second-order valence-corrected chi connectivity index (χ2v) is 6.10. The van der Waals surface area contributed by atoms with E-state index in [-0.39, 0.29) is 12.4 Å². The molecule has 1 aliphatic rings. The zero-order chi connectivity index (χ0) is 20.4. The molecule has 0 spiro atoms. The van der Waals surface area contributed by atoms with Gasteiger partial charge in [-0.25, -0.2) is 15.0 Å². The Kier molecular flexibility index (Phi) is 5.40. The van der Waals surface area contributed by atoms with Gasteiger partial charge in [0.2, 0.25) is 0 Å². The van der Waals surface area contributed by atoms with E-state index < -0.39 is 42.4 Å². The van der Waals surface area contributed by atoms with Gasteiger partial charge in [-0.15, -0.1) is 0 Å². The molecule has 0 unspecified atom stereocenters. The third kappa shape index (κ3) is 3.86. The average Bonchev–Trinajstić information content (AvgIpc) is 3.16. The molecular formula is C16H19N5O7. The van der Waals surface area contributed by atoms with Crippen LogP contribution in [0.3, 0.4) is 0 Å². The number of anilines is 1. The first-order valence-electron chi connectivity index (χ1n) is 8.34. The summed E-state index contributed by atoms with van der Waals surface area (Å²) in [6.45, 7) is 3.46. The Hall–Kier alpha value is -3.28. The van der Waals surface area contributed by atoms with Crippen LogP contribution < -0.4 is 5.73 Å². The molecule has 12 nitrogen and oxygen atoms in total. The van der Waals surface area contributed by atoms with Crippen LogP contribution in [-0.2, 0) is 33.3 Å². The molecule has 3 heterocycles. The smallest absolute Gasteiger partial charge is 0.303 e. The number of hydrogen-bond acceptors (Lipinski definition) is 11. The van der Waals surface area contributed by atoms with Crippen LogP contribution in [0, 0.1) is 0 Å². The highest BCUT2D eigenvalue weighted by molar-refractivity contribution is 5.81. The van der Waals surface area contributed by atoms with Gasteiger partial charge in [-0.3, -0.25) is 19.0 Å². The molecule has 4 atom stereocenters. The number of carbonyl (C=O) groups excluding carboxylic acids is 3. The average molecular weight is 393 g/mol. The molecular weight excluding hydrogens is 374 g/mol. The number of aromatic nitrogens is 4. The zero-order valence-electron chi connectivity index (χ0n) is 15.4. The van der Waals surface area contributed by atoms with Crippen molar-refractivity contribution in [2.24, 2.45) is 0 Å². The number of hydrogen-bond donors (Lipinski definition) is 1. The van der Waals surface area contributed by atoms with Crippen LogP contribution >= 0.6 is 0 Å². The number of nitrogens with zero attached hydrogens (tertiary/aromatic N) is 4. The maximum absolute atomic E-state index is 11.7. The molecule has 1 saturated heterocycles. The second-order valence-electron chi connectivity index (χ2n) is 6.10. The zero-order valence-corrected chi connectivity index (χ0v) is 15.4. The van der Waals surface area contributed by atoms with Gasteiger partial charge in [-0.2, -0.15) is 0 Å². The van der Waals surface area contributed by atoms with Gasteiger partial charge in [0.25, 0.3) is 0 Å². The highest BCUT2D eigenvalue weighted by Crippen LogP contribution is 2.36. The Morgan fingerprint density at radius 2 is 1.75 bits per heavy atom. The molecule has 0 saturated carbocycles. The quantitative estimate of drug-likeness (QED) is 0.526. The molecule has 12 heteroatoms. The predicted molar refractivity (Wildman–Crippen MR) is 91.4 cm³/mol. The van der Waals surface area contributed by atoms with E-state index in [0.29, 0.717) is 11.2 Å². The normalized spacial score (nSPS) is 24.1. The summed E-state index contributed by atoms with van der Waals surface area (Å²) in [4.78, 5) is 46.6. The fourth-order valence-electron chi connectivity index (χ4n) is 2.97. The predicted octanol–water partition coefficient (Wildman–Crippen LogP) is -0.268. The lowest BCUT2D eigenvalue weighted by Crippen LogP contribution is -2.40. The van der Waals surface area contributed by atoms with Gasteiger partial charge >= 0.3 is 17.9 Å². The van der Waals surface area contributed by atoms with Crippen molar-refractivity contribution < 1.29 is 33.3 Å². The molecule has 0 amide bonds. The summed E-state index contributed by atoms with van der Waals surface area (Å²) < 4.78 is 23.1. The summed E-state index contributed by atoms with van der Waals surface area (Å²) in [6, 6.07) is 0. The molecule has 0 bridgehead atoms. The van der Waals surface area contributed by atoms with Gasteiger partial charge in [-0.1, -0.05) is 0 Å². The van der Waals surface area contributed by atoms with Gasteiger partial charge < -0.3 is 24.7 Å². The van der Waals surface area contributed by atoms with Crippen LogP contribution in [0.25, 0.3) is 11.2 Å². The number of ether oxygens (including phenoxy) is 4. The van der Waals surface area contributed by atoms with E-state index in [2.05, 4.69) is 15.0 Å². The van der Waals surface area contributed by atoms with Crippen LogP contribution in [0.15, 0.2) is 12.7 Å². The third-order valence-corrected chi connectivity index (χ3v) is 4.00. The Bertz CT molecular complexity index is 914. The summed E-state index contributed by atoms with van der Waals surface area (Å²) >= 11 is 0. The molecule has 0 radical (unpaired) electrons. The maximum Gasteiger partial charge on any atom is 0.303 e. The van der Waals surface area contributed by atoms with Crippen molar-refractivity contribution in [1.29, 1.82) is 0 Å². The Labute approximate surface area is 158 Å². The molecule has 28 heavy (non-hydrogen) atoms. The molecule has 1 fully saturated rings. The summed E-state index contributed by atoms with van der Waals surface area (Å²) in [6.07, 6.45) is -1.22. The molecule has 2 N–H and O–H groups in total. The minimum atomic E-state index is -1.03. The monoisotopic (exact) mass is 393 g/mol. The molecule has 2 aromatic rings. The topological polar surface area (TPSA) is 158 Å². The van der Waals surface area contributed by atoms with Gasteiger partial charge in [0.1, 0.15) is 24.6 Å². The largest absolute Gasteiger partial charge is 0.463 e. The maximum atomic E-state index is 11.7. The van der Waals surface area contributed by atoms with Crippen molar-refractivity contribution in [2.75, 3.05) is 12.3 Å². The number of fused-ring (bicyclic) bond motifs is 1. The van der Waals surface area contributed by atoms with Crippen molar-refractivity contribution >= 4 is 34.9 Å². The van der Waals surface area contributed by atoms with Crippen molar-refractivity contribution in [3.63, 3.8) is 0 Å². The van der Waals surface area contributed by atoms with Crippen LogP contribution in [0.1, 0.15) is 27.0 Å². The van der Waals surface area contributed by atoms with Crippen molar-refractivity contribution in [3.05, 3.63) is 12.7 Å². The fraction of sp³-hybridized carbons (Fsp3) is 0.500. The van der Waals surface area contributed by atoms with Gasteiger partial charge in [-0.05, 0) is 0 Å². The van der Waals surface area contributed by atoms with E-state index in [1.165, 1.54) is 38.0 Å². The Morgan fingerprint density at radius 3 is 2.39 bits per heavy atom. The van der Waals surface area contributed by atoms with E-state index in [0.717, 1.165) is 0 Å². The number of nitrogen functional groups attached to an aromatic ring is 1. The standard InChI is InChI=1S/C16H19N5O7/c1-7(22)25-4-10-12(26-8(2)23)13(27-9(3)24)16(28-10)21-6-20-11-14(17)18-5-19-15(11)21/h5-6,10,12-13,16H,4H2,1-3H3,(H2,17,18,19)/t10-,12-,13-,16+/m1/s1. The summed E-state index contributed by atoms with van der Waals surface area (Å²) in [7, 11) is 0. The summed E-state index contributed by atoms with van der Waals surface area (Å²) in [5.41, 5.74) is 6.48. The summed E-state index contributed by atoms with van der Waals surface area (Å²) in [5, 5.41) is 0. The number of nitrogens with two attached hydrogens (primary N) is 1. The molecule has 2 aromatic heterocycles. The lowest BCUT2D eigenvalue weighted by Gasteiger charge is -2.23. The molecule has 0 aliphatic carbocycles. The Morgan fingerprint density at radius 1 is 1.07 bits per heavy atom. The highest BCUT2D eigenvalue weighted by atomic mass is 16.7. The minimum Gasteiger partial charge on any atom is -0.463 e. The van der Waals surface area contributed by atoms with Gasteiger partial charge in [0.05, 0.1) is 6.33 Å². The van der Waals surface area contributed by atoms with E-state index >= 15 is 0 Å². The van der Waals surface area contributed by atoms with Crippen LogP contribution in [-0.4, -0.2) is 62.3 Å². The van der Waals surface area contributed by atoms with E-state index in [1.807, 2.05) is 0 Å². The number of carbonyl (C=O) groups is 3. The van der Waals surface area contributed by atoms with Crippen molar-refractivity contribution in [2.45, 2.75) is 45.3 Å². The van der Waals surface area contributed by atoms with Gasteiger partial charge in [0, 0.05) is 20.8 Å². The fourth-order valence-corrected chi connectivity index (χ4v) is 2.97. The SMILES string of the molecule is CC(=O)OC[C@H]1O[C@H](n2cnc3c(N)ncnc32)[C@H](OC(C)=O)[C@@H]1OC(C)=O. The number of imidazole rings is 1. The van der Waals surface area contributed by atoms with E-state index in [9.17, 15) is 14.4 Å². The first-order valence-corrected chi connectivity index (χ1v) is 8.34. The van der Waals surface area contributed by atoms with E-state index in [4.69, 9.17) is 24.7 Å². The van der Waals surface area contributed by atoms with Crippen LogP contribution in [0.2, 0.25) is 0 Å². The summed E-state index contributed by atoms with van der Waals surface area (Å²) in [5.74, 6) is -1.59. The van der Waals surface area contributed by atoms with Crippen LogP contribution in [0.4, 0.5) is 5.82 Å². The Balaban J connectivity index is 2.01. The number of rotatable bonds is 5. The molecule has 150 valence electrons. The van der Waals surface area contributed by atoms with Crippen molar-refractivity contribution in [1.82, 2.24) is 19.5 Å². The molecule has 1 aliphatic heterocycles. The van der Waals surface area contributed by atoms with Crippen molar-refractivity contribution in [3.8, 4) is 0 Å². The molecule has 0 aromatic carbocycles. The van der Waals surface area contributed by atoms with Crippen LogP contribution in [0.5, 0.6) is 0 Å². The first-order chi connectivity index (χ1) is 13.3. The lowest BCUT2D eigenvalue weighted by atomic mass is 10.1. The minimum absolute atomic E-state index is 0.166. The lowest BCUT2D eigenvalue weighted by molar-refractivity contribution is -0.166. The van der Waals surface area contributed by atoms with E-state index in [1.54, 1.807) is 0 Å². The highest BCUT2D eigenvalue weighted by Gasteiger charge is 2.51. The number of esters is 3. The third-order valence-electron chi connectivity index (χ3n) is 4.00. The second kappa shape index (κ2) is 7.76. The molecule has 3 rings (SSSR count).